The lowest BCUT2D eigenvalue weighted by atomic mass is 10.3. The topological polar surface area (TPSA) is 63.4 Å². The number of thioether (sulfide) groups is 1. The maximum atomic E-state index is 11.6. The Labute approximate surface area is 91.3 Å². The first kappa shape index (κ1) is 14.2. The monoisotopic (exact) mass is 240 g/mol. The van der Waals surface area contributed by atoms with E-state index in [1.807, 2.05) is 6.26 Å². The van der Waals surface area contributed by atoms with E-state index in [1.54, 1.807) is 18.8 Å². The molecule has 0 atom stereocenters. The molecule has 0 aromatic rings. The zero-order valence-electron chi connectivity index (χ0n) is 8.90. The third kappa shape index (κ3) is 5.85. The average Bonchev–Trinajstić information content (AvgIpc) is 2.14. The molecular formula is C8H20N2O2S2. The maximum absolute atomic E-state index is 11.6. The smallest absolute Gasteiger partial charge is 0.213 e. The molecule has 0 aliphatic carbocycles. The Balaban J connectivity index is 3.91. The molecule has 0 aliphatic heterocycles. The molecule has 0 radical (unpaired) electrons. The van der Waals surface area contributed by atoms with E-state index >= 15 is 0 Å². The number of hydrogen-bond acceptors (Lipinski definition) is 4. The fraction of sp³-hybridized carbons (Fsp3) is 1.00. The molecule has 14 heavy (non-hydrogen) atoms. The highest BCUT2D eigenvalue weighted by molar-refractivity contribution is 7.98. The van der Waals surface area contributed by atoms with Gasteiger partial charge in [0.25, 0.3) is 0 Å². The molecule has 0 fully saturated rings. The van der Waals surface area contributed by atoms with E-state index in [0.717, 1.165) is 12.2 Å². The van der Waals surface area contributed by atoms with Crippen LogP contribution in [0.15, 0.2) is 0 Å². The number of sulfonamides is 1. The van der Waals surface area contributed by atoms with E-state index in [1.165, 1.54) is 4.31 Å². The van der Waals surface area contributed by atoms with Crippen LogP contribution in [-0.4, -0.2) is 50.6 Å². The predicted molar refractivity (Wildman–Crippen MR) is 63.1 cm³/mol. The Morgan fingerprint density at radius 3 is 2.50 bits per heavy atom. The number of unbranched alkanes of at least 4 members (excludes halogenated alkanes) is 1. The Kier molecular flexibility index (Phi) is 7.62. The van der Waals surface area contributed by atoms with Crippen molar-refractivity contribution in [1.82, 2.24) is 4.31 Å². The number of nitrogens with zero attached hydrogens (tertiary/aromatic N) is 1. The van der Waals surface area contributed by atoms with Crippen molar-refractivity contribution in [3.05, 3.63) is 0 Å². The van der Waals surface area contributed by atoms with E-state index in [0.29, 0.717) is 19.5 Å². The van der Waals surface area contributed by atoms with Gasteiger partial charge in [-0.15, -0.1) is 0 Å². The van der Waals surface area contributed by atoms with Crippen LogP contribution in [0.1, 0.15) is 12.8 Å². The lowest BCUT2D eigenvalue weighted by Gasteiger charge is -2.16. The van der Waals surface area contributed by atoms with Crippen LogP contribution < -0.4 is 5.73 Å². The SMILES string of the molecule is CSCCN(C)S(=O)(=O)CCCCN. The summed E-state index contributed by atoms with van der Waals surface area (Å²) in [6.07, 6.45) is 3.40. The molecule has 86 valence electrons. The van der Waals surface area contributed by atoms with Gasteiger partial charge in [0.05, 0.1) is 5.75 Å². The molecule has 0 unspecified atom stereocenters. The molecule has 4 nitrogen and oxygen atoms in total. The van der Waals surface area contributed by atoms with Crippen LogP contribution >= 0.6 is 11.8 Å². The van der Waals surface area contributed by atoms with E-state index < -0.39 is 10.0 Å². The van der Waals surface area contributed by atoms with Crippen LogP contribution in [0.25, 0.3) is 0 Å². The second-order valence-corrected chi connectivity index (χ2v) is 6.31. The Morgan fingerprint density at radius 2 is 2.00 bits per heavy atom. The first-order valence-corrected chi connectivity index (χ1v) is 7.68. The molecule has 0 aromatic heterocycles. The lowest BCUT2D eigenvalue weighted by molar-refractivity contribution is 0.486. The van der Waals surface area contributed by atoms with Crippen molar-refractivity contribution in [2.24, 2.45) is 5.73 Å². The van der Waals surface area contributed by atoms with Gasteiger partial charge in [-0.1, -0.05) is 0 Å². The highest BCUT2D eigenvalue weighted by Crippen LogP contribution is 2.03. The normalized spacial score (nSPS) is 12.3. The molecule has 0 saturated heterocycles. The molecule has 0 saturated carbocycles. The largest absolute Gasteiger partial charge is 0.330 e. The zero-order chi connectivity index (χ0) is 11.0. The van der Waals surface area contributed by atoms with Crippen molar-refractivity contribution in [1.29, 1.82) is 0 Å². The Bertz CT molecular complexity index is 229. The van der Waals surface area contributed by atoms with Crippen LogP contribution in [0.2, 0.25) is 0 Å². The van der Waals surface area contributed by atoms with E-state index in [2.05, 4.69) is 0 Å². The van der Waals surface area contributed by atoms with Gasteiger partial charge in [0.15, 0.2) is 0 Å². The molecule has 0 aromatic carbocycles. The van der Waals surface area contributed by atoms with Crippen molar-refractivity contribution >= 4 is 21.8 Å². The summed E-state index contributed by atoms with van der Waals surface area (Å²) < 4.78 is 24.6. The lowest BCUT2D eigenvalue weighted by Crippen LogP contribution is -2.31. The van der Waals surface area contributed by atoms with E-state index in [9.17, 15) is 8.42 Å². The zero-order valence-corrected chi connectivity index (χ0v) is 10.5. The Morgan fingerprint density at radius 1 is 1.36 bits per heavy atom. The standard InChI is InChI=1S/C8H20N2O2S2/c1-10(6-7-13-2)14(11,12)8-4-3-5-9/h3-9H2,1-2H3. The molecule has 2 N–H and O–H groups in total. The van der Waals surface area contributed by atoms with E-state index in [-0.39, 0.29) is 5.75 Å². The van der Waals surface area contributed by atoms with Gasteiger partial charge in [0.2, 0.25) is 10.0 Å². The summed E-state index contributed by atoms with van der Waals surface area (Å²) in [5.41, 5.74) is 5.30. The number of hydrogen-bond donors (Lipinski definition) is 1. The third-order valence-electron chi connectivity index (χ3n) is 1.94. The average molecular weight is 240 g/mol. The van der Waals surface area contributed by atoms with Crippen LogP contribution in [0.5, 0.6) is 0 Å². The molecule has 0 aliphatic rings. The van der Waals surface area contributed by atoms with Gasteiger partial charge < -0.3 is 5.73 Å². The summed E-state index contributed by atoms with van der Waals surface area (Å²) in [4.78, 5) is 0. The summed E-state index contributed by atoms with van der Waals surface area (Å²) in [6, 6.07) is 0. The minimum Gasteiger partial charge on any atom is -0.330 e. The van der Waals surface area contributed by atoms with E-state index in [4.69, 9.17) is 5.73 Å². The van der Waals surface area contributed by atoms with Crippen LogP contribution in [0.4, 0.5) is 0 Å². The predicted octanol–water partition coefficient (Wildman–Crippen LogP) is 0.350. The highest BCUT2D eigenvalue weighted by atomic mass is 32.2. The molecular weight excluding hydrogens is 220 g/mol. The summed E-state index contributed by atoms with van der Waals surface area (Å²) in [5.74, 6) is 1.06. The molecule has 6 heteroatoms. The molecule has 0 rings (SSSR count). The van der Waals surface area contributed by atoms with Gasteiger partial charge in [-0.05, 0) is 25.6 Å². The first-order chi connectivity index (χ1) is 6.54. The number of rotatable bonds is 8. The molecule has 0 bridgehead atoms. The summed E-state index contributed by atoms with van der Waals surface area (Å²) >= 11 is 1.65. The van der Waals surface area contributed by atoms with Crippen molar-refractivity contribution in [3.63, 3.8) is 0 Å². The molecule has 0 spiro atoms. The molecule has 0 amide bonds. The minimum atomic E-state index is -3.04. The van der Waals surface area contributed by atoms with Crippen molar-refractivity contribution in [2.45, 2.75) is 12.8 Å². The van der Waals surface area contributed by atoms with Crippen molar-refractivity contribution in [2.75, 3.05) is 37.9 Å². The fourth-order valence-corrected chi connectivity index (χ4v) is 2.77. The maximum Gasteiger partial charge on any atom is 0.213 e. The first-order valence-electron chi connectivity index (χ1n) is 4.67. The number of nitrogens with two attached hydrogens (primary N) is 1. The summed E-state index contributed by atoms with van der Waals surface area (Å²) in [7, 11) is -1.41. The second-order valence-electron chi connectivity index (χ2n) is 3.13. The Hall–Kier alpha value is 0.220. The third-order valence-corrected chi connectivity index (χ3v) is 4.47. The fourth-order valence-electron chi connectivity index (χ4n) is 0.944. The van der Waals surface area contributed by atoms with Gasteiger partial charge in [-0.3, -0.25) is 0 Å². The van der Waals surface area contributed by atoms with Gasteiger partial charge in [0.1, 0.15) is 0 Å². The van der Waals surface area contributed by atoms with Crippen LogP contribution in [-0.2, 0) is 10.0 Å². The van der Waals surface area contributed by atoms with Crippen LogP contribution in [0, 0.1) is 0 Å². The summed E-state index contributed by atoms with van der Waals surface area (Å²) in [6.45, 7) is 1.15. The second kappa shape index (κ2) is 7.50. The van der Waals surface area contributed by atoms with Gasteiger partial charge in [-0.25, -0.2) is 12.7 Å². The van der Waals surface area contributed by atoms with Gasteiger partial charge in [0, 0.05) is 19.3 Å². The minimum absolute atomic E-state index is 0.217. The highest BCUT2D eigenvalue weighted by Gasteiger charge is 2.15. The molecule has 0 heterocycles. The summed E-state index contributed by atoms with van der Waals surface area (Å²) in [5, 5.41) is 0. The van der Waals surface area contributed by atoms with Crippen LogP contribution in [0.3, 0.4) is 0 Å². The quantitative estimate of drug-likeness (QED) is 0.622. The van der Waals surface area contributed by atoms with Crippen molar-refractivity contribution in [3.8, 4) is 0 Å². The van der Waals surface area contributed by atoms with Gasteiger partial charge >= 0.3 is 0 Å². The van der Waals surface area contributed by atoms with Crippen molar-refractivity contribution < 1.29 is 8.42 Å². The van der Waals surface area contributed by atoms with Gasteiger partial charge in [-0.2, -0.15) is 11.8 Å².